The van der Waals surface area contributed by atoms with E-state index in [1.54, 1.807) is 46.2 Å². The highest BCUT2D eigenvalue weighted by molar-refractivity contribution is 7.89. The Morgan fingerprint density at radius 2 is 1.93 bits per heavy atom. The van der Waals surface area contributed by atoms with Gasteiger partial charge in [0.05, 0.1) is 21.9 Å². The average Bonchev–Trinajstić information content (AvgIpc) is 3.54. The molecule has 3 heterocycles. The van der Waals surface area contributed by atoms with Gasteiger partial charge in [0, 0.05) is 29.4 Å². The summed E-state index contributed by atoms with van der Waals surface area (Å²) >= 11 is 1.47. The maximum absolute atomic E-state index is 13.2. The average molecular weight is 598 g/mol. The molecule has 0 unspecified atom stereocenters. The van der Waals surface area contributed by atoms with Crippen molar-refractivity contribution in [3.63, 3.8) is 0 Å². The summed E-state index contributed by atoms with van der Waals surface area (Å²) in [6.07, 6.45) is 10.4. The molecule has 218 valence electrons. The minimum atomic E-state index is -3.74. The van der Waals surface area contributed by atoms with E-state index in [2.05, 4.69) is 19.8 Å². The zero-order valence-electron chi connectivity index (χ0n) is 23.7. The van der Waals surface area contributed by atoms with Crippen molar-refractivity contribution in [1.29, 1.82) is 0 Å². The molecule has 4 aromatic rings. The normalized spacial score (nSPS) is 15.0. The second-order valence-electron chi connectivity index (χ2n) is 11.5. The van der Waals surface area contributed by atoms with Crippen LogP contribution in [0.25, 0.3) is 32.0 Å². The van der Waals surface area contributed by atoms with Gasteiger partial charge in [-0.05, 0) is 57.6 Å². The van der Waals surface area contributed by atoms with Crippen LogP contribution in [0.5, 0.6) is 0 Å². The van der Waals surface area contributed by atoms with Crippen LogP contribution in [0.15, 0.2) is 40.0 Å². The first-order chi connectivity index (χ1) is 19.6. The number of hydrogen-bond donors (Lipinski definition) is 1. The Balaban J connectivity index is 1.59. The highest BCUT2D eigenvalue weighted by Gasteiger charge is 2.27. The van der Waals surface area contributed by atoms with Crippen molar-refractivity contribution in [2.24, 2.45) is 5.92 Å². The summed E-state index contributed by atoms with van der Waals surface area (Å²) in [5, 5.41) is 6.14. The lowest BCUT2D eigenvalue weighted by Gasteiger charge is -2.21. The summed E-state index contributed by atoms with van der Waals surface area (Å²) in [7, 11) is -3.74. The monoisotopic (exact) mass is 597 g/mol. The minimum absolute atomic E-state index is 0.194. The number of nitrogens with zero attached hydrogens (tertiary/aromatic N) is 4. The Morgan fingerprint density at radius 1 is 1.15 bits per heavy atom. The number of thiazole rings is 1. The van der Waals surface area contributed by atoms with Crippen LogP contribution in [0.3, 0.4) is 0 Å². The van der Waals surface area contributed by atoms with Gasteiger partial charge in [-0.3, -0.25) is 9.78 Å². The molecule has 1 N–H and O–H groups in total. The number of nitrogens with one attached hydrogen (secondary N) is 1. The van der Waals surface area contributed by atoms with E-state index in [1.807, 2.05) is 12.1 Å². The summed E-state index contributed by atoms with van der Waals surface area (Å²) in [5.41, 5.74) is 1.05. The van der Waals surface area contributed by atoms with E-state index in [0.29, 0.717) is 34.5 Å². The Kier molecular flexibility index (Phi) is 8.53. The highest BCUT2D eigenvalue weighted by Crippen LogP contribution is 2.41. The molecule has 5 rings (SSSR count). The molecule has 12 heteroatoms. The summed E-state index contributed by atoms with van der Waals surface area (Å²) in [6, 6.07) is 5.12. The third-order valence-corrected chi connectivity index (χ3v) is 10.1. The predicted molar refractivity (Wildman–Crippen MR) is 157 cm³/mol. The molecule has 0 amide bonds. The molecule has 0 bridgehead atoms. The van der Waals surface area contributed by atoms with Crippen molar-refractivity contribution in [2.75, 3.05) is 0 Å². The number of pyridine rings is 1. The summed E-state index contributed by atoms with van der Waals surface area (Å²) in [6.45, 7) is 7.55. The molecule has 0 aliphatic heterocycles. The number of hydrogen-bond acceptors (Lipinski definition) is 10. The smallest absolute Gasteiger partial charge is 0.293 e. The first kappa shape index (κ1) is 29.3. The maximum Gasteiger partial charge on any atom is 0.293 e. The van der Waals surface area contributed by atoms with E-state index in [-0.39, 0.29) is 17.4 Å². The van der Waals surface area contributed by atoms with Crippen LogP contribution >= 0.6 is 11.3 Å². The second-order valence-corrected chi connectivity index (χ2v) is 14.2. The summed E-state index contributed by atoms with van der Waals surface area (Å²) < 4.78 is 39.6. The Bertz CT molecular complexity index is 1640. The lowest BCUT2D eigenvalue weighted by atomic mass is 9.85. The fourth-order valence-corrected chi connectivity index (χ4v) is 7.89. The van der Waals surface area contributed by atoms with Gasteiger partial charge in [0.1, 0.15) is 5.60 Å². The molecule has 0 atom stereocenters. The number of aromatic nitrogens is 4. The van der Waals surface area contributed by atoms with E-state index in [9.17, 15) is 13.2 Å². The van der Waals surface area contributed by atoms with Gasteiger partial charge in [-0.1, -0.05) is 43.3 Å². The zero-order valence-corrected chi connectivity index (χ0v) is 25.3. The second kappa shape index (κ2) is 11.9. The molecule has 1 aliphatic carbocycles. The molecular weight excluding hydrogens is 562 g/mol. The van der Waals surface area contributed by atoms with Gasteiger partial charge in [0.25, 0.3) is 6.47 Å². The van der Waals surface area contributed by atoms with Crippen molar-refractivity contribution in [3.05, 3.63) is 42.2 Å². The topological polar surface area (TPSA) is 137 Å². The van der Waals surface area contributed by atoms with E-state index in [4.69, 9.17) is 14.2 Å². The highest BCUT2D eigenvalue weighted by atomic mass is 32.2. The molecule has 1 saturated carbocycles. The number of carbonyl (C=O) groups excluding carboxylic acids is 1. The Labute approximate surface area is 244 Å². The largest absolute Gasteiger partial charge is 0.461 e. The van der Waals surface area contributed by atoms with Crippen LogP contribution in [0.4, 0.5) is 0 Å². The molecule has 3 aromatic heterocycles. The van der Waals surface area contributed by atoms with Gasteiger partial charge in [-0.25, -0.2) is 18.1 Å². The van der Waals surface area contributed by atoms with Crippen LogP contribution in [-0.2, 0) is 32.4 Å². The van der Waals surface area contributed by atoms with Crippen molar-refractivity contribution < 1.29 is 22.5 Å². The molecule has 0 spiro atoms. The molecule has 1 fully saturated rings. The van der Waals surface area contributed by atoms with Crippen LogP contribution in [0, 0.1) is 5.92 Å². The van der Waals surface area contributed by atoms with Crippen LogP contribution < -0.4 is 4.72 Å². The maximum atomic E-state index is 13.2. The van der Waals surface area contributed by atoms with E-state index < -0.39 is 15.6 Å². The third-order valence-electron chi connectivity index (χ3n) is 7.21. The molecule has 1 aromatic carbocycles. The van der Waals surface area contributed by atoms with Crippen molar-refractivity contribution >= 4 is 38.6 Å². The van der Waals surface area contributed by atoms with E-state index in [0.717, 1.165) is 40.8 Å². The number of benzene rings is 1. The Hall–Kier alpha value is -3.22. The quantitative estimate of drug-likeness (QED) is 0.215. The first-order valence-corrected chi connectivity index (χ1v) is 16.2. The first-order valence-electron chi connectivity index (χ1n) is 13.9. The predicted octanol–water partition coefficient (Wildman–Crippen LogP) is 5.71. The molecular formula is C29H35N5O5S2. The summed E-state index contributed by atoms with van der Waals surface area (Å²) in [4.78, 5) is 25.8. The fraction of sp³-hybridized carbons (Fsp3) is 0.483. The number of rotatable bonds is 11. The van der Waals surface area contributed by atoms with Crippen molar-refractivity contribution in [1.82, 2.24) is 24.8 Å². The lowest BCUT2D eigenvalue weighted by molar-refractivity contribution is -0.140. The van der Waals surface area contributed by atoms with Gasteiger partial charge in [-0.15, -0.1) is 11.3 Å². The standard InChI is InChI=1S/C29H35N5O5S2/c1-18(2)34-41(36,37)24-11-10-21(20-12-13-30-16-22(20)24)26-23(14-19-8-6-5-7-9-19)31-28(40-26)27-32-25(39-33-27)15-29(3,4)38-17-35/h10-13,16-19,34H,5-9,14-15H2,1-4H3. The number of sulfonamides is 1. The van der Waals surface area contributed by atoms with Gasteiger partial charge >= 0.3 is 0 Å². The molecule has 1 aliphatic rings. The third kappa shape index (κ3) is 6.65. The van der Waals surface area contributed by atoms with Gasteiger partial charge in [-0.2, -0.15) is 4.98 Å². The Morgan fingerprint density at radius 3 is 2.66 bits per heavy atom. The van der Waals surface area contributed by atoms with Gasteiger partial charge in [0.15, 0.2) is 5.01 Å². The fourth-order valence-electron chi connectivity index (χ4n) is 5.38. The lowest BCUT2D eigenvalue weighted by Crippen LogP contribution is -2.30. The summed E-state index contributed by atoms with van der Waals surface area (Å²) in [5.74, 6) is 1.25. The molecule has 41 heavy (non-hydrogen) atoms. The minimum Gasteiger partial charge on any atom is -0.461 e. The van der Waals surface area contributed by atoms with Crippen LogP contribution in [0.1, 0.15) is 71.4 Å². The number of carbonyl (C=O) groups is 1. The molecule has 0 radical (unpaired) electrons. The van der Waals surface area contributed by atoms with Crippen LogP contribution in [-0.4, -0.2) is 46.6 Å². The number of fused-ring (bicyclic) bond motifs is 1. The van der Waals surface area contributed by atoms with E-state index >= 15 is 0 Å². The SMILES string of the molecule is CC(C)NS(=O)(=O)c1ccc(-c2sc(-c3noc(CC(C)(C)OC=O)n3)nc2CC2CCCCC2)c2ccncc12. The van der Waals surface area contributed by atoms with E-state index in [1.165, 1.54) is 30.6 Å². The molecule has 10 nitrogen and oxygen atoms in total. The van der Waals surface area contributed by atoms with Gasteiger partial charge < -0.3 is 9.26 Å². The van der Waals surface area contributed by atoms with Crippen molar-refractivity contribution in [3.8, 4) is 21.3 Å². The molecule has 0 saturated heterocycles. The van der Waals surface area contributed by atoms with Crippen LogP contribution in [0.2, 0.25) is 0 Å². The van der Waals surface area contributed by atoms with Crippen molar-refractivity contribution in [2.45, 2.75) is 89.2 Å². The zero-order chi connectivity index (χ0) is 29.2. The number of ether oxygens (including phenoxy) is 1. The van der Waals surface area contributed by atoms with Gasteiger partial charge in [0.2, 0.25) is 21.7 Å².